The number of likely N-dealkylation sites (N-methyl/N-ethyl adjacent to an activating group) is 1. The molecule has 0 rings (SSSR count). The third kappa shape index (κ3) is 16.3. The Bertz CT molecular complexity index is 293. The van der Waals surface area contributed by atoms with Crippen LogP contribution in [0.5, 0.6) is 0 Å². The molecule has 0 bridgehead atoms. The Morgan fingerprint density at radius 1 is 1.21 bits per heavy atom. The van der Waals surface area contributed by atoms with Crippen LogP contribution in [0.1, 0.15) is 19.8 Å². The van der Waals surface area contributed by atoms with Crippen molar-refractivity contribution in [3.63, 3.8) is 0 Å². The number of aliphatic carboxylic acids is 2. The predicted octanol–water partition coefficient (Wildman–Crippen LogP) is -1.02. The van der Waals surface area contributed by atoms with Gasteiger partial charge in [-0.2, -0.15) is 0 Å². The minimum absolute atomic E-state index is 0.107. The van der Waals surface area contributed by atoms with Crippen LogP contribution in [0.4, 0.5) is 0 Å². The lowest BCUT2D eigenvalue weighted by Crippen LogP contribution is -2.39. The number of rotatable bonds is 7. The molecule has 8 nitrogen and oxygen atoms in total. The van der Waals surface area contributed by atoms with Crippen molar-refractivity contribution in [2.24, 2.45) is 0 Å². The minimum atomic E-state index is -1.23. The Morgan fingerprint density at radius 2 is 1.74 bits per heavy atom. The smallest absolute Gasteiger partial charge is 0.326 e. The molecular weight excluding hydrogens is 256 g/mol. The maximum atomic E-state index is 10.5. The molecular formula is C11H22N2O6. The summed E-state index contributed by atoms with van der Waals surface area (Å²) in [6.07, 6.45) is -0.387. The zero-order valence-corrected chi connectivity index (χ0v) is 11.4. The Balaban J connectivity index is 0. The van der Waals surface area contributed by atoms with Crippen LogP contribution in [0, 0.1) is 0 Å². The highest BCUT2D eigenvalue weighted by Crippen LogP contribution is 1.97. The fraction of sp³-hybridized carbons (Fsp3) is 0.727. The number of carbonyl (C=O) groups excluding carboxylic acids is 1. The Kier molecular flexibility index (Phi) is 11.8. The summed E-state index contributed by atoms with van der Waals surface area (Å²) in [5, 5.41) is 27.1. The summed E-state index contributed by atoms with van der Waals surface area (Å²) < 4.78 is 0. The van der Waals surface area contributed by atoms with E-state index in [9.17, 15) is 14.4 Å². The number of aliphatic hydroxyl groups excluding tert-OH is 1. The van der Waals surface area contributed by atoms with Crippen molar-refractivity contribution in [2.45, 2.75) is 25.8 Å². The van der Waals surface area contributed by atoms with Crippen LogP contribution in [0.25, 0.3) is 0 Å². The first-order chi connectivity index (χ1) is 8.70. The summed E-state index contributed by atoms with van der Waals surface area (Å²) in [5.41, 5.74) is 0. The summed E-state index contributed by atoms with van der Waals surface area (Å²) in [6, 6.07) is -1.12. The molecule has 1 amide bonds. The monoisotopic (exact) mass is 278 g/mol. The van der Waals surface area contributed by atoms with Gasteiger partial charge in [-0.1, -0.05) is 0 Å². The Hall–Kier alpha value is -1.67. The van der Waals surface area contributed by atoms with Crippen LogP contribution < -0.4 is 5.32 Å². The molecule has 0 aliphatic carbocycles. The number of nitrogens with one attached hydrogen (secondary N) is 1. The molecule has 0 spiro atoms. The van der Waals surface area contributed by atoms with Crippen LogP contribution in [0.2, 0.25) is 0 Å². The number of hydrogen-bond acceptors (Lipinski definition) is 5. The Morgan fingerprint density at radius 3 is 1.95 bits per heavy atom. The van der Waals surface area contributed by atoms with Gasteiger partial charge in [0, 0.05) is 19.9 Å². The van der Waals surface area contributed by atoms with Crippen molar-refractivity contribution < 1.29 is 29.7 Å². The second-order valence-electron chi connectivity index (χ2n) is 4.05. The largest absolute Gasteiger partial charge is 0.481 e. The number of carboxylic acid groups (broad SMARTS) is 2. The number of carbonyl (C=O) groups is 3. The van der Waals surface area contributed by atoms with Crippen LogP contribution in [0.3, 0.4) is 0 Å². The van der Waals surface area contributed by atoms with E-state index in [1.54, 1.807) is 0 Å². The zero-order valence-electron chi connectivity index (χ0n) is 11.4. The number of amides is 1. The number of nitrogens with zero attached hydrogens (tertiary/aromatic N) is 1. The second-order valence-corrected chi connectivity index (χ2v) is 4.05. The molecule has 112 valence electrons. The minimum Gasteiger partial charge on any atom is -0.481 e. The molecule has 0 heterocycles. The highest BCUT2D eigenvalue weighted by atomic mass is 16.4. The third-order valence-corrected chi connectivity index (χ3v) is 1.87. The highest BCUT2D eigenvalue weighted by Gasteiger charge is 2.18. The van der Waals surface area contributed by atoms with E-state index in [1.807, 2.05) is 19.0 Å². The quantitative estimate of drug-likeness (QED) is 0.469. The molecule has 4 N–H and O–H groups in total. The normalized spacial score (nSPS) is 11.2. The molecule has 0 aromatic rings. The van der Waals surface area contributed by atoms with Gasteiger partial charge in [0.15, 0.2) is 0 Å². The summed E-state index contributed by atoms with van der Waals surface area (Å²) in [7, 11) is 3.85. The summed E-state index contributed by atoms with van der Waals surface area (Å²) >= 11 is 0. The van der Waals surface area contributed by atoms with Gasteiger partial charge in [-0.15, -0.1) is 0 Å². The van der Waals surface area contributed by atoms with Crippen LogP contribution in [-0.2, 0) is 14.4 Å². The van der Waals surface area contributed by atoms with E-state index < -0.39 is 23.9 Å². The van der Waals surface area contributed by atoms with Crippen LogP contribution in [-0.4, -0.2) is 71.4 Å². The van der Waals surface area contributed by atoms with Gasteiger partial charge in [0.25, 0.3) is 0 Å². The molecule has 1 atom stereocenters. The van der Waals surface area contributed by atoms with E-state index in [0.29, 0.717) is 0 Å². The summed E-state index contributed by atoms with van der Waals surface area (Å²) in [6.45, 7) is 2.20. The molecule has 0 saturated heterocycles. The van der Waals surface area contributed by atoms with Crippen molar-refractivity contribution >= 4 is 17.8 Å². The number of aliphatic hydroxyl groups is 1. The number of carboxylic acids is 2. The second kappa shape index (κ2) is 11.4. The van der Waals surface area contributed by atoms with Crippen molar-refractivity contribution in [1.29, 1.82) is 0 Å². The van der Waals surface area contributed by atoms with Crippen molar-refractivity contribution in [3.05, 3.63) is 0 Å². The molecule has 19 heavy (non-hydrogen) atoms. The first-order valence-corrected chi connectivity index (χ1v) is 5.68. The molecule has 0 radical (unpaired) electrons. The van der Waals surface area contributed by atoms with Crippen LogP contribution in [0.15, 0.2) is 0 Å². The maximum Gasteiger partial charge on any atom is 0.326 e. The van der Waals surface area contributed by atoms with E-state index in [0.717, 1.165) is 6.54 Å². The van der Waals surface area contributed by atoms with E-state index >= 15 is 0 Å². The molecule has 0 aromatic heterocycles. The fourth-order valence-electron chi connectivity index (χ4n) is 0.971. The standard InChI is InChI=1S/C7H11NO5.C4H11NO/c1-4(9)8-5(7(12)13)2-3-6(10)11;1-5(2)3-4-6/h5H,2-3H2,1H3,(H,8,9)(H,10,11)(H,12,13);6H,3-4H2,1-2H3. The molecule has 0 aliphatic heterocycles. The highest BCUT2D eigenvalue weighted by molar-refractivity contribution is 5.82. The lowest BCUT2D eigenvalue weighted by atomic mass is 10.1. The van der Waals surface area contributed by atoms with Crippen LogP contribution >= 0.6 is 0 Å². The Labute approximate surface area is 112 Å². The molecule has 8 heteroatoms. The topological polar surface area (TPSA) is 127 Å². The lowest BCUT2D eigenvalue weighted by molar-refractivity contribution is -0.142. The van der Waals surface area contributed by atoms with Gasteiger partial charge < -0.3 is 25.5 Å². The first kappa shape index (κ1) is 19.7. The zero-order chi connectivity index (χ0) is 15.4. The molecule has 0 aliphatic rings. The van der Waals surface area contributed by atoms with Gasteiger partial charge in [-0.25, -0.2) is 4.79 Å². The van der Waals surface area contributed by atoms with Gasteiger partial charge in [-0.3, -0.25) is 9.59 Å². The predicted molar refractivity (Wildman–Crippen MR) is 67.8 cm³/mol. The fourth-order valence-corrected chi connectivity index (χ4v) is 0.971. The SMILES string of the molecule is CC(=O)NC(CCC(=O)O)C(=O)O.CN(C)CCO. The van der Waals surface area contributed by atoms with Gasteiger partial charge >= 0.3 is 11.9 Å². The summed E-state index contributed by atoms with van der Waals surface area (Å²) in [4.78, 5) is 33.0. The van der Waals surface area contributed by atoms with E-state index in [4.69, 9.17) is 15.3 Å². The first-order valence-electron chi connectivity index (χ1n) is 5.68. The lowest BCUT2D eigenvalue weighted by Gasteiger charge is -2.10. The van der Waals surface area contributed by atoms with Gasteiger partial charge in [0.2, 0.25) is 5.91 Å². The average molecular weight is 278 g/mol. The molecule has 0 aromatic carbocycles. The number of hydrogen-bond donors (Lipinski definition) is 4. The average Bonchev–Trinajstić information content (AvgIpc) is 2.23. The van der Waals surface area contributed by atoms with Crippen molar-refractivity contribution in [2.75, 3.05) is 27.2 Å². The van der Waals surface area contributed by atoms with Crippen molar-refractivity contribution in [3.8, 4) is 0 Å². The van der Waals surface area contributed by atoms with Gasteiger partial charge in [-0.05, 0) is 20.5 Å². The van der Waals surface area contributed by atoms with E-state index in [-0.39, 0.29) is 19.4 Å². The van der Waals surface area contributed by atoms with E-state index in [1.165, 1.54) is 6.92 Å². The van der Waals surface area contributed by atoms with Crippen molar-refractivity contribution in [1.82, 2.24) is 10.2 Å². The molecule has 0 fully saturated rings. The molecule has 0 saturated carbocycles. The molecule has 1 unspecified atom stereocenters. The maximum absolute atomic E-state index is 10.5. The van der Waals surface area contributed by atoms with Gasteiger partial charge in [0.05, 0.1) is 6.61 Å². The van der Waals surface area contributed by atoms with E-state index in [2.05, 4.69) is 5.32 Å². The third-order valence-electron chi connectivity index (χ3n) is 1.87. The van der Waals surface area contributed by atoms with Gasteiger partial charge in [0.1, 0.15) is 6.04 Å². The summed E-state index contributed by atoms with van der Waals surface area (Å²) in [5.74, 6) is -2.80.